The van der Waals surface area contributed by atoms with Gasteiger partial charge in [-0.25, -0.2) is 4.98 Å². The summed E-state index contributed by atoms with van der Waals surface area (Å²) in [7, 11) is 1.53. The van der Waals surface area contributed by atoms with E-state index in [1.807, 2.05) is 30.3 Å². The molecule has 1 aliphatic carbocycles. The van der Waals surface area contributed by atoms with Gasteiger partial charge in [-0.05, 0) is 55.5 Å². The van der Waals surface area contributed by atoms with Crippen LogP contribution < -0.4 is 14.4 Å². The molecule has 0 radical (unpaired) electrons. The zero-order valence-electron chi connectivity index (χ0n) is 17.7. The molecule has 32 heavy (non-hydrogen) atoms. The zero-order valence-corrected chi connectivity index (χ0v) is 17.7. The third-order valence-electron chi connectivity index (χ3n) is 5.41. The Bertz CT molecular complexity index is 1020. The molecule has 1 aromatic heterocycles. The second-order valence-electron chi connectivity index (χ2n) is 7.74. The molecule has 0 amide bonds. The first-order chi connectivity index (χ1) is 15.4. The molecule has 3 aromatic rings. The molecule has 1 aliphatic rings. The molecule has 0 saturated heterocycles. The molecule has 0 unspecified atom stereocenters. The molecule has 1 saturated carbocycles. The lowest BCUT2D eigenvalue weighted by Gasteiger charge is -2.23. The summed E-state index contributed by atoms with van der Waals surface area (Å²) in [6.45, 7) is 0.155. The van der Waals surface area contributed by atoms with Gasteiger partial charge in [0.1, 0.15) is 17.9 Å². The molecular formula is C24H24F3N3O2. The van der Waals surface area contributed by atoms with Crippen molar-refractivity contribution in [2.24, 2.45) is 0 Å². The fourth-order valence-electron chi connectivity index (χ4n) is 3.67. The lowest BCUT2D eigenvalue weighted by Crippen LogP contribution is -2.19. The second-order valence-corrected chi connectivity index (χ2v) is 7.74. The Balaban J connectivity index is 1.55. The molecular weight excluding hydrogens is 419 g/mol. The van der Waals surface area contributed by atoms with E-state index in [9.17, 15) is 13.2 Å². The van der Waals surface area contributed by atoms with Crippen molar-refractivity contribution in [2.45, 2.75) is 44.6 Å². The van der Waals surface area contributed by atoms with E-state index in [-0.39, 0.29) is 24.5 Å². The van der Waals surface area contributed by atoms with Crippen LogP contribution in [0.2, 0.25) is 0 Å². The maximum absolute atomic E-state index is 13.6. The van der Waals surface area contributed by atoms with Crippen LogP contribution in [0.1, 0.15) is 36.8 Å². The minimum absolute atomic E-state index is 0.120. The molecule has 168 valence electrons. The van der Waals surface area contributed by atoms with Gasteiger partial charge in [0.15, 0.2) is 5.82 Å². The summed E-state index contributed by atoms with van der Waals surface area (Å²) in [5.41, 5.74) is 0.476. The van der Waals surface area contributed by atoms with Gasteiger partial charge in [-0.2, -0.15) is 18.2 Å². The number of benzene rings is 2. The van der Waals surface area contributed by atoms with Crippen molar-refractivity contribution in [3.05, 3.63) is 71.9 Å². The molecule has 1 heterocycles. The largest absolute Gasteiger partial charge is 0.490 e. The number of halogens is 3. The third kappa shape index (κ3) is 5.30. The third-order valence-corrected chi connectivity index (χ3v) is 5.41. The van der Waals surface area contributed by atoms with Gasteiger partial charge in [-0.3, -0.25) is 0 Å². The smallest absolute Gasteiger partial charge is 0.421 e. The summed E-state index contributed by atoms with van der Waals surface area (Å²) < 4.78 is 52.4. The van der Waals surface area contributed by atoms with Crippen molar-refractivity contribution in [1.29, 1.82) is 0 Å². The highest BCUT2D eigenvalue weighted by Crippen LogP contribution is 2.38. The van der Waals surface area contributed by atoms with Crippen LogP contribution in [0.3, 0.4) is 0 Å². The van der Waals surface area contributed by atoms with Crippen molar-refractivity contribution < 1.29 is 22.6 Å². The van der Waals surface area contributed by atoms with E-state index >= 15 is 0 Å². The number of rotatable bonds is 7. The van der Waals surface area contributed by atoms with Crippen molar-refractivity contribution in [2.75, 3.05) is 11.9 Å². The molecule has 0 atom stereocenters. The second kappa shape index (κ2) is 9.46. The normalized spacial score (nSPS) is 14.4. The molecule has 5 nitrogen and oxygen atoms in total. The van der Waals surface area contributed by atoms with E-state index in [1.54, 1.807) is 24.3 Å². The Morgan fingerprint density at radius 2 is 1.69 bits per heavy atom. The van der Waals surface area contributed by atoms with Crippen LogP contribution in [0.15, 0.2) is 60.8 Å². The summed E-state index contributed by atoms with van der Waals surface area (Å²) in [5, 5.41) is 0. The van der Waals surface area contributed by atoms with Gasteiger partial charge >= 0.3 is 12.2 Å². The van der Waals surface area contributed by atoms with Crippen molar-refractivity contribution in [3.8, 4) is 11.8 Å². The highest BCUT2D eigenvalue weighted by Gasteiger charge is 2.36. The van der Waals surface area contributed by atoms with Crippen LogP contribution in [0.25, 0.3) is 0 Å². The standard InChI is InChI=1S/C24H24F3N3O2/c1-30(18-11-13-20(14-12-18)32-19-9-5-6-10-19)22-21(24(25,26)27)15-28-23(29-22)31-16-17-7-3-2-4-8-17/h2-4,7-8,11-15,19H,5-6,9-10,16H2,1H3. The fourth-order valence-corrected chi connectivity index (χ4v) is 3.67. The number of nitrogens with zero attached hydrogens (tertiary/aromatic N) is 3. The first-order valence-corrected chi connectivity index (χ1v) is 10.5. The molecule has 0 N–H and O–H groups in total. The van der Waals surface area contributed by atoms with Gasteiger partial charge in [0.05, 0.1) is 6.10 Å². The Hall–Kier alpha value is -3.29. The number of anilines is 2. The van der Waals surface area contributed by atoms with Gasteiger partial charge in [-0.1, -0.05) is 30.3 Å². The molecule has 8 heteroatoms. The summed E-state index contributed by atoms with van der Waals surface area (Å²) in [4.78, 5) is 9.22. The van der Waals surface area contributed by atoms with E-state index in [0.29, 0.717) is 11.4 Å². The SMILES string of the molecule is CN(c1ccc(OC2CCCC2)cc1)c1nc(OCc2ccccc2)ncc1C(F)(F)F. The predicted molar refractivity (Wildman–Crippen MR) is 115 cm³/mol. The topological polar surface area (TPSA) is 47.5 Å². The number of alkyl halides is 3. The molecule has 1 fully saturated rings. The van der Waals surface area contributed by atoms with Crippen molar-refractivity contribution in [1.82, 2.24) is 9.97 Å². The van der Waals surface area contributed by atoms with Gasteiger partial charge < -0.3 is 14.4 Å². The summed E-state index contributed by atoms with van der Waals surface area (Å²) in [5.74, 6) is 0.430. The predicted octanol–water partition coefficient (Wildman–Crippen LogP) is 6.16. The summed E-state index contributed by atoms with van der Waals surface area (Å²) >= 11 is 0. The van der Waals surface area contributed by atoms with Gasteiger partial charge in [0.25, 0.3) is 0 Å². The number of hydrogen-bond donors (Lipinski definition) is 0. The number of ether oxygens (including phenoxy) is 2. The summed E-state index contributed by atoms with van der Waals surface area (Å²) in [6.07, 6.45) is 0.750. The Labute approximate surface area is 184 Å². The maximum atomic E-state index is 13.6. The lowest BCUT2D eigenvalue weighted by molar-refractivity contribution is -0.137. The van der Waals surface area contributed by atoms with Crippen LogP contribution in [0.4, 0.5) is 24.7 Å². The first-order valence-electron chi connectivity index (χ1n) is 10.5. The lowest BCUT2D eigenvalue weighted by atomic mass is 10.2. The monoisotopic (exact) mass is 443 g/mol. The average molecular weight is 443 g/mol. The maximum Gasteiger partial charge on any atom is 0.421 e. The molecule has 0 bridgehead atoms. The van der Waals surface area contributed by atoms with Gasteiger partial charge in [0, 0.05) is 18.9 Å². The molecule has 0 aliphatic heterocycles. The van der Waals surface area contributed by atoms with Gasteiger partial charge in [-0.15, -0.1) is 0 Å². The van der Waals surface area contributed by atoms with Crippen molar-refractivity contribution in [3.63, 3.8) is 0 Å². The highest BCUT2D eigenvalue weighted by atomic mass is 19.4. The van der Waals surface area contributed by atoms with Crippen LogP contribution in [0, 0.1) is 0 Å². The summed E-state index contributed by atoms with van der Waals surface area (Å²) in [6, 6.07) is 16.1. The Morgan fingerprint density at radius 3 is 2.34 bits per heavy atom. The number of hydrogen-bond acceptors (Lipinski definition) is 5. The Morgan fingerprint density at radius 1 is 1.00 bits per heavy atom. The quantitative estimate of drug-likeness (QED) is 0.437. The van der Waals surface area contributed by atoms with Gasteiger partial charge in [0.2, 0.25) is 0 Å². The molecule has 2 aromatic carbocycles. The number of aromatic nitrogens is 2. The van der Waals surface area contributed by atoms with Crippen LogP contribution in [-0.2, 0) is 12.8 Å². The zero-order chi connectivity index (χ0) is 22.6. The highest BCUT2D eigenvalue weighted by molar-refractivity contribution is 5.63. The van der Waals surface area contributed by atoms with E-state index in [0.717, 1.165) is 37.4 Å². The van der Waals surface area contributed by atoms with E-state index < -0.39 is 11.7 Å². The first kappa shape index (κ1) is 21.9. The Kier molecular flexibility index (Phi) is 6.48. The fraction of sp³-hybridized carbons (Fsp3) is 0.333. The van der Waals surface area contributed by atoms with E-state index in [2.05, 4.69) is 9.97 Å². The minimum atomic E-state index is -4.60. The van der Waals surface area contributed by atoms with E-state index in [1.165, 1.54) is 11.9 Å². The average Bonchev–Trinajstić information content (AvgIpc) is 3.31. The van der Waals surface area contributed by atoms with Crippen LogP contribution in [-0.4, -0.2) is 23.1 Å². The minimum Gasteiger partial charge on any atom is -0.490 e. The van der Waals surface area contributed by atoms with Crippen LogP contribution in [0.5, 0.6) is 11.8 Å². The molecule has 4 rings (SSSR count). The molecule has 0 spiro atoms. The van der Waals surface area contributed by atoms with Crippen molar-refractivity contribution >= 4 is 11.5 Å². The van der Waals surface area contributed by atoms with Crippen LogP contribution >= 0.6 is 0 Å². The van der Waals surface area contributed by atoms with E-state index in [4.69, 9.17) is 9.47 Å².